The van der Waals surface area contributed by atoms with Crippen LogP contribution >= 0.6 is 0 Å². The maximum Gasteiger partial charge on any atom is 0.222 e. The van der Waals surface area contributed by atoms with Crippen LogP contribution in [0.3, 0.4) is 0 Å². The van der Waals surface area contributed by atoms with Crippen LogP contribution in [0.2, 0.25) is 0 Å². The Balaban J connectivity index is 5.91. The fraction of sp³-hybridized carbons (Fsp3) is 0.667. The minimum Gasteiger partial charge on any atom is -0.393 e. The minimum absolute atomic E-state index is 0.797. The zero-order valence-corrected chi connectivity index (χ0v) is 9.63. The smallest absolute Gasteiger partial charge is 0.222 e. The van der Waals surface area contributed by atoms with Gasteiger partial charge >= 0.3 is 0 Å². The summed E-state index contributed by atoms with van der Waals surface area (Å²) in [4.78, 5) is 34.6. The molecule has 0 spiro atoms. The molecule has 0 aromatic rings. The van der Waals surface area contributed by atoms with E-state index in [1.165, 1.54) is 0 Å². The zero-order valence-electron chi connectivity index (χ0n) is 9.63. The van der Waals surface area contributed by atoms with E-state index in [0.29, 0.717) is 0 Å². The van der Waals surface area contributed by atoms with Crippen LogP contribution in [0.15, 0.2) is 0 Å². The monoisotopic (exact) mass is 263 g/mol. The molecule has 0 fully saturated rings. The van der Waals surface area contributed by atoms with Crippen LogP contribution in [-0.2, 0) is 14.4 Å². The maximum absolute atomic E-state index is 11.5. The largest absolute Gasteiger partial charge is 0.393 e. The molecule has 18 heavy (non-hydrogen) atoms. The van der Waals surface area contributed by atoms with Crippen molar-refractivity contribution in [3.63, 3.8) is 0 Å². The van der Waals surface area contributed by atoms with Gasteiger partial charge in [-0.1, -0.05) is 0 Å². The first kappa shape index (κ1) is 16.8. The van der Waals surface area contributed by atoms with Crippen molar-refractivity contribution in [1.82, 2.24) is 0 Å². The molecule has 104 valence electrons. The molecule has 0 aliphatic rings. The Kier molecular flexibility index (Phi) is 5.67. The highest BCUT2D eigenvalue weighted by molar-refractivity contribution is 6.17. The van der Waals surface area contributed by atoms with Crippen LogP contribution in [0.5, 0.6) is 0 Å². The molecule has 0 amide bonds. The second-order valence-corrected chi connectivity index (χ2v) is 3.61. The first-order chi connectivity index (χ1) is 8.25. The van der Waals surface area contributed by atoms with Gasteiger partial charge < -0.3 is 32.5 Å². The molecule has 1 unspecified atom stereocenters. The lowest BCUT2D eigenvalue weighted by atomic mass is 9.74. The second kappa shape index (κ2) is 6.09. The highest BCUT2D eigenvalue weighted by Crippen LogP contribution is 2.25. The van der Waals surface area contributed by atoms with Crippen LogP contribution in [0.4, 0.5) is 0 Å². The van der Waals surface area contributed by atoms with E-state index in [-0.39, 0.29) is 0 Å². The third-order valence-corrected chi connectivity index (χ3v) is 2.65. The highest BCUT2D eigenvalue weighted by Gasteiger charge is 2.61. The van der Waals surface area contributed by atoms with Crippen molar-refractivity contribution in [1.29, 1.82) is 0 Å². The topological polar surface area (TPSA) is 190 Å². The Morgan fingerprint density at radius 2 is 1.17 bits per heavy atom. The second-order valence-electron chi connectivity index (χ2n) is 3.61. The molecule has 0 bridgehead atoms. The van der Waals surface area contributed by atoms with Crippen molar-refractivity contribution in [3.05, 3.63) is 0 Å². The van der Waals surface area contributed by atoms with Gasteiger partial charge in [0.2, 0.25) is 5.60 Å². The first-order valence-electron chi connectivity index (χ1n) is 5.01. The van der Waals surface area contributed by atoms with E-state index in [9.17, 15) is 24.6 Å². The molecule has 0 saturated heterocycles. The standard InChI is InChI=1S/C9H17N3O6/c10-1-5(14)8(17,4-13)9(18,6(15)2-11)7(16)3-12/h13,17-18H,1-4,10-12H2. The number of ketones is 3. The van der Waals surface area contributed by atoms with Crippen LogP contribution in [0, 0.1) is 0 Å². The predicted octanol–water partition coefficient (Wildman–Crippen LogP) is -4.98. The van der Waals surface area contributed by atoms with Crippen LogP contribution < -0.4 is 17.2 Å². The average Bonchev–Trinajstić information content (AvgIpc) is 2.42. The molecule has 0 aliphatic carbocycles. The summed E-state index contributed by atoms with van der Waals surface area (Å²) in [7, 11) is 0. The summed E-state index contributed by atoms with van der Waals surface area (Å²) in [6.07, 6.45) is 0. The third-order valence-electron chi connectivity index (χ3n) is 2.65. The number of rotatable bonds is 8. The molecular formula is C9H17N3O6. The van der Waals surface area contributed by atoms with Crippen molar-refractivity contribution in [2.24, 2.45) is 17.2 Å². The Labute approximate surface area is 103 Å². The number of hydrogen-bond acceptors (Lipinski definition) is 9. The number of aliphatic hydroxyl groups is 3. The third kappa shape index (κ3) is 2.32. The van der Waals surface area contributed by atoms with E-state index < -0.39 is 54.8 Å². The van der Waals surface area contributed by atoms with E-state index >= 15 is 0 Å². The van der Waals surface area contributed by atoms with E-state index in [2.05, 4.69) is 0 Å². The average molecular weight is 263 g/mol. The van der Waals surface area contributed by atoms with Gasteiger partial charge in [0, 0.05) is 0 Å². The molecular weight excluding hydrogens is 246 g/mol. The molecule has 0 aliphatic heterocycles. The van der Waals surface area contributed by atoms with Crippen LogP contribution in [0.25, 0.3) is 0 Å². The molecule has 0 heterocycles. The Hall–Kier alpha value is -1.23. The van der Waals surface area contributed by atoms with Crippen LogP contribution in [0.1, 0.15) is 0 Å². The van der Waals surface area contributed by atoms with Gasteiger partial charge in [-0.2, -0.15) is 0 Å². The predicted molar refractivity (Wildman–Crippen MR) is 59.2 cm³/mol. The summed E-state index contributed by atoms with van der Waals surface area (Å²) >= 11 is 0. The van der Waals surface area contributed by atoms with Gasteiger partial charge in [-0.25, -0.2) is 0 Å². The van der Waals surface area contributed by atoms with Gasteiger partial charge in [0.15, 0.2) is 23.0 Å². The van der Waals surface area contributed by atoms with Crippen molar-refractivity contribution in [2.45, 2.75) is 11.2 Å². The Morgan fingerprint density at radius 1 is 0.833 bits per heavy atom. The number of carbonyl (C=O) groups is 3. The van der Waals surface area contributed by atoms with E-state index in [1.54, 1.807) is 0 Å². The molecule has 0 saturated carbocycles. The van der Waals surface area contributed by atoms with Crippen molar-refractivity contribution in [2.75, 3.05) is 26.2 Å². The van der Waals surface area contributed by atoms with E-state index in [0.717, 1.165) is 0 Å². The lowest BCUT2D eigenvalue weighted by molar-refractivity contribution is -0.192. The molecule has 0 radical (unpaired) electrons. The van der Waals surface area contributed by atoms with Gasteiger partial charge in [-0.15, -0.1) is 0 Å². The minimum atomic E-state index is -3.21. The summed E-state index contributed by atoms with van der Waals surface area (Å²) in [6.45, 7) is -3.84. The summed E-state index contributed by atoms with van der Waals surface area (Å²) in [5.74, 6) is -3.95. The Morgan fingerprint density at radius 3 is 1.39 bits per heavy atom. The molecule has 9 nitrogen and oxygen atoms in total. The van der Waals surface area contributed by atoms with Gasteiger partial charge in [0.05, 0.1) is 26.2 Å². The van der Waals surface area contributed by atoms with Gasteiger partial charge in [-0.3, -0.25) is 14.4 Å². The van der Waals surface area contributed by atoms with Gasteiger partial charge in [0.1, 0.15) is 0 Å². The van der Waals surface area contributed by atoms with Crippen molar-refractivity contribution in [3.8, 4) is 0 Å². The number of Topliss-reactive ketones (excluding diaryl/α,β-unsaturated/α-hetero) is 3. The molecule has 0 rings (SSSR count). The lowest BCUT2D eigenvalue weighted by Crippen LogP contribution is -2.72. The quantitative estimate of drug-likeness (QED) is 0.233. The van der Waals surface area contributed by atoms with Crippen LogP contribution in [-0.4, -0.2) is 70.1 Å². The number of nitrogens with two attached hydrogens (primary N) is 3. The van der Waals surface area contributed by atoms with Crippen molar-refractivity contribution >= 4 is 17.3 Å². The molecule has 9 N–H and O–H groups in total. The summed E-state index contributed by atoms with van der Waals surface area (Å²) in [6, 6.07) is 0. The summed E-state index contributed by atoms with van der Waals surface area (Å²) in [5, 5.41) is 29.0. The molecule has 0 aromatic heterocycles. The SMILES string of the molecule is NCC(=O)C(O)(CO)C(O)(C(=O)CN)C(=O)CN. The van der Waals surface area contributed by atoms with Crippen molar-refractivity contribution < 1.29 is 29.7 Å². The number of hydrogen-bond donors (Lipinski definition) is 6. The maximum atomic E-state index is 11.5. The fourth-order valence-electron chi connectivity index (χ4n) is 1.49. The fourth-order valence-corrected chi connectivity index (χ4v) is 1.49. The van der Waals surface area contributed by atoms with Gasteiger partial charge in [-0.05, 0) is 0 Å². The number of aliphatic hydroxyl groups excluding tert-OH is 1. The molecule has 9 heteroatoms. The van der Waals surface area contributed by atoms with E-state index in [1.807, 2.05) is 0 Å². The normalized spacial score (nSPS) is 15.0. The highest BCUT2D eigenvalue weighted by atomic mass is 16.4. The van der Waals surface area contributed by atoms with E-state index in [4.69, 9.17) is 22.3 Å². The molecule has 1 atom stereocenters. The summed E-state index contributed by atoms with van der Waals surface area (Å²) in [5.41, 5.74) is 8.74. The Bertz CT molecular complexity index is 342. The first-order valence-corrected chi connectivity index (χ1v) is 5.01. The van der Waals surface area contributed by atoms with Gasteiger partial charge in [0.25, 0.3) is 0 Å². The zero-order chi connectivity index (χ0) is 14.6. The number of carbonyl (C=O) groups excluding carboxylic acids is 3. The lowest BCUT2D eigenvalue weighted by Gasteiger charge is -2.38. The molecule has 0 aromatic carbocycles. The summed E-state index contributed by atoms with van der Waals surface area (Å²) < 4.78 is 0.